The van der Waals surface area contributed by atoms with Crippen molar-refractivity contribution < 1.29 is 0 Å². The van der Waals surface area contributed by atoms with Gasteiger partial charge < -0.3 is 10.6 Å². The van der Waals surface area contributed by atoms with Gasteiger partial charge in [-0.15, -0.1) is 0 Å². The molecule has 3 nitrogen and oxygen atoms in total. The number of nitrogens with two attached hydrogens (primary N) is 1. The van der Waals surface area contributed by atoms with Crippen LogP contribution in [0.3, 0.4) is 0 Å². The Kier molecular flexibility index (Phi) is 2.67. The summed E-state index contributed by atoms with van der Waals surface area (Å²) in [6, 6.07) is 12.8. The van der Waals surface area contributed by atoms with Crippen LogP contribution in [0.5, 0.6) is 0 Å². The fourth-order valence-electron chi connectivity index (χ4n) is 2.60. The molecule has 0 bridgehead atoms. The average molecular weight is 239 g/mol. The zero-order chi connectivity index (χ0) is 12.5. The van der Waals surface area contributed by atoms with Gasteiger partial charge in [-0.2, -0.15) is 0 Å². The lowest BCUT2D eigenvalue weighted by molar-refractivity contribution is 0.613. The van der Waals surface area contributed by atoms with E-state index in [2.05, 4.69) is 41.1 Å². The van der Waals surface area contributed by atoms with Crippen molar-refractivity contribution >= 4 is 17.2 Å². The second-order valence-corrected chi connectivity index (χ2v) is 4.83. The number of fused-ring (bicyclic) bond motifs is 1. The molecule has 2 N–H and O–H groups in total. The molecule has 0 saturated heterocycles. The van der Waals surface area contributed by atoms with Crippen LogP contribution in [-0.2, 0) is 6.42 Å². The zero-order valence-electron chi connectivity index (χ0n) is 10.5. The Morgan fingerprint density at radius 3 is 2.94 bits per heavy atom. The molecule has 1 aromatic carbocycles. The zero-order valence-corrected chi connectivity index (χ0v) is 10.5. The van der Waals surface area contributed by atoms with Crippen LogP contribution in [0.15, 0.2) is 42.6 Å². The summed E-state index contributed by atoms with van der Waals surface area (Å²) in [5.74, 6) is 0.939. The molecule has 0 fully saturated rings. The molecule has 0 saturated carbocycles. The molecule has 2 heterocycles. The Balaban J connectivity index is 2.10. The number of rotatable bonds is 1. The van der Waals surface area contributed by atoms with Gasteiger partial charge in [0.25, 0.3) is 0 Å². The Morgan fingerprint density at radius 1 is 1.28 bits per heavy atom. The van der Waals surface area contributed by atoms with E-state index in [9.17, 15) is 0 Å². The molecule has 18 heavy (non-hydrogen) atoms. The largest absolute Gasteiger partial charge is 0.399 e. The first-order valence-electron chi connectivity index (χ1n) is 6.34. The lowest BCUT2D eigenvalue weighted by Gasteiger charge is -2.36. The average Bonchev–Trinajstić information content (AvgIpc) is 2.38. The minimum atomic E-state index is 0.453. The van der Waals surface area contributed by atoms with Gasteiger partial charge in [-0.05, 0) is 37.5 Å². The number of aryl methyl sites for hydroxylation is 1. The summed E-state index contributed by atoms with van der Waals surface area (Å²) >= 11 is 0. The van der Waals surface area contributed by atoms with E-state index < -0.39 is 0 Å². The summed E-state index contributed by atoms with van der Waals surface area (Å²) in [7, 11) is 0. The fourth-order valence-corrected chi connectivity index (χ4v) is 2.60. The first-order chi connectivity index (χ1) is 8.75. The highest BCUT2D eigenvalue weighted by molar-refractivity contribution is 5.68. The smallest absolute Gasteiger partial charge is 0.135 e. The first-order valence-corrected chi connectivity index (χ1v) is 6.34. The number of hydrogen-bond donors (Lipinski definition) is 1. The second kappa shape index (κ2) is 4.33. The molecule has 3 heteroatoms. The molecular formula is C15H17N3. The lowest BCUT2D eigenvalue weighted by atomic mass is 9.96. The third-order valence-corrected chi connectivity index (χ3v) is 3.54. The Labute approximate surface area is 107 Å². The molecule has 1 aliphatic rings. The third kappa shape index (κ3) is 1.82. The molecule has 0 spiro atoms. The highest BCUT2D eigenvalue weighted by Crippen LogP contribution is 2.35. The number of pyridine rings is 1. The van der Waals surface area contributed by atoms with Gasteiger partial charge in [0.05, 0.1) is 0 Å². The van der Waals surface area contributed by atoms with E-state index in [1.807, 2.05) is 12.1 Å². The minimum absolute atomic E-state index is 0.453. The second-order valence-electron chi connectivity index (χ2n) is 4.83. The van der Waals surface area contributed by atoms with E-state index in [0.717, 1.165) is 24.3 Å². The topological polar surface area (TPSA) is 42.1 Å². The number of aromatic nitrogens is 1. The van der Waals surface area contributed by atoms with Gasteiger partial charge in [-0.25, -0.2) is 4.98 Å². The standard InChI is InChI=1S/C15H17N3/c1-11-6-7-12-4-2-3-5-14(12)18(11)15-10-13(16)8-9-17-15/h2-5,8-11H,6-7H2,1H3,(H2,16,17). The maximum atomic E-state index is 5.86. The van der Waals surface area contributed by atoms with Crippen LogP contribution in [0.25, 0.3) is 0 Å². The third-order valence-electron chi connectivity index (χ3n) is 3.54. The van der Waals surface area contributed by atoms with Crippen LogP contribution in [0.4, 0.5) is 17.2 Å². The van der Waals surface area contributed by atoms with Crippen molar-refractivity contribution in [1.29, 1.82) is 0 Å². The maximum absolute atomic E-state index is 5.86. The van der Waals surface area contributed by atoms with Crippen molar-refractivity contribution in [3.05, 3.63) is 48.2 Å². The molecule has 2 aromatic rings. The molecule has 1 atom stereocenters. The van der Waals surface area contributed by atoms with E-state index in [4.69, 9.17) is 5.73 Å². The van der Waals surface area contributed by atoms with Crippen LogP contribution < -0.4 is 10.6 Å². The van der Waals surface area contributed by atoms with Crippen LogP contribution in [0.2, 0.25) is 0 Å². The number of anilines is 3. The van der Waals surface area contributed by atoms with Crippen LogP contribution in [-0.4, -0.2) is 11.0 Å². The molecular weight excluding hydrogens is 222 g/mol. The van der Waals surface area contributed by atoms with Gasteiger partial charge in [0.1, 0.15) is 5.82 Å². The molecule has 0 aliphatic carbocycles. The lowest BCUT2D eigenvalue weighted by Crippen LogP contribution is -2.33. The van der Waals surface area contributed by atoms with Gasteiger partial charge >= 0.3 is 0 Å². The summed E-state index contributed by atoms with van der Waals surface area (Å²) in [5, 5.41) is 0. The molecule has 0 radical (unpaired) electrons. The maximum Gasteiger partial charge on any atom is 0.135 e. The van der Waals surface area contributed by atoms with E-state index in [1.54, 1.807) is 6.20 Å². The molecule has 1 unspecified atom stereocenters. The number of benzene rings is 1. The van der Waals surface area contributed by atoms with Gasteiger partial charge in [0, 0.05) is 29.7 Å². The Morgan fingerprint density at radius 2 is 2.11 bits per heavy atom. The Bertz CT molecular complexity index is 565. The summed E-state index contributed by atoms with van der Waals surface area (Å²) < 4.78 is 0. The van der Waals surface area contributed by atoms with Gasteiger partial charge in [-0.1, -0.05) is 18.2 Å². The SMILES string of the molecule is CC1CCc2ccccc2N1c1cc(N)ccn1. The minimum Gasteiger partial charge on any atom is -0.399 e. The van der Waals surface area contributed by atoms with Crippen molar-refractivity contribution in [2.75, 3.05) is 10.6 Å². The molecule has 0 amide bonds. The fraction of sp³-hybridized carbons (Fsp3) is 0.267. The first kappa shape index (κ1) is 11.1. The van der Waals surface area contributed by atoms with Crippen molar-refractivity contribution in [3.63, 3.8) is 0 Å². The number of nitrogen functional groups attached to an aromatic ring is 1. The van der Waals surface area contributed by atoms with Crippen LogP contribution in [0, 0.1) is 0 Å². The summed E-state index contributed by atoms with van der Waals surface area (Å²) in [4.78, 5) is 6.75. The van der Waals surface area contributed by atoms with E-state index in [0.29, 0.717) is 6.04 Å². The van der Waals surface area contributed by atoms with Crippen molar-refractivity contribution in [2.45, 2.75) is 25.8 Å². The summed E-state index contributed by atoms with van der Waals surface area (Å²) in [5.41, 5.74) is 9.27. The summed E-state index contributed by atoms with van der Waals surface area (Å²) in [6.07, 6.45) is 4.05. The van der Waals surface area contributed by atoms with E-state index in [1.165, 1.54) is 11.3 Å². The normalized spacial score (nSPS) is 18.5. The van der Waals surface area contributed by atoms with Crippen LogP contribution in [0.1, 0.15) is 18.9 Å². The predicted molar refractivity (Wildman–Crippen MR) is 75.0 cm³/mol. The number of para-hydroxylation sites is 1. The highest BCUT2D eigenvalue weighted by Gasteiger charge is 2.24. The molecule has 92 valence electrons. The van der Waals surface area contributed by atoms with E-state index >= 15 is 0 Å². The van der Waals surface area contributed by atoms with Gasteiger partial charge in [-0.3, -0.25) is 0 Å². The van der Waals surface area contributed by atoms with Gasteiger partial charge in [0.15, 0.2) is 0 Å². The quantitative estimate of drug-likeness (QED) is 0.831. The van der Waals surface area contributed by atoms with Crippen LogP contribution >= 0.6 is 0 Å². The number of nitrogens with zero attached hydrogens (tertiary/aromatic N) is 2. The highest BCUT2D eigenvalue weighted by atomic mass is 15.2. The van der Waals surface area contributed by atoms with Gasteiger partial charge in [0.2, 0.25) is 0 Å². The Hall–Kier alpha value is -2.03. The van der Waals surface area contributed by atoms with Crippen molar-refractivity contribution in [3.8, 4) is 0 Å². The monoisotopic (exact) mass is 239 g/mol. The summed E-state index contributed by atoms with van der Waals surface area (Å²) in [6.45, 7) is 2.24. The van der Waals surface area contributed by atoms with Crippen molar-refractivity contribution in [1.82, 2.24) is 4.98 Å². The molecule has 1 aliphatic heterocycles. The molecule has 3 rings (SSSR count). The number of hydrogen-bond acceptors (Lipinski definition) is 3. The molecule has 1 aromatic heterocycles. The van der Waals surface area contributed by atoms with Crippen molar-refractivity contribution in [2.24, 2.45) is 0 Å². The van der Waals surface area contributed by atoms with E-state index in [-0.39, 0.29) is 0 Å². The predicted octanol–water partition coefficient (Wildman–Crippen LogP) is 3.14.